The normalized spacial score (nSPS) is 14.9. The Morgan fingerprint density at radius 3 is 1.90 bits per heavy atom. The average molecular weight is 308 g/mol. The zero-order chi connectivity index (χ0) is 16.3. The van der Waals surface area contributed by atoms with Crippen molar-refractivity contribution in [1.29, 1.82) is 0 Å². The fourth-order valence-corrected chi connectivity index (χ4v) is 2.75. The molecule has 0 aliphatic carbocycles. The van der Waals surface area contributed by atoms with Gasteiger partial charge >= 0.3 is 5.97 Å². The van der Waals surface area contributed by atoms with E-state index in [1.807, 2.05) is 0 Å². The monoisotopic (exact) mass is 308 g/mol. The molecular formula is C13H28N2O4S. The molecule has 0 radical (unpaired) electrons. The minimum absolute atomic E-state index is 0.195. The van der Waals surface area contributed by atoms with Crippen molar-refractivity contribution in [2.24, 2.45) is 5.92 Å². The van der Waals surface area contributed by atoms with Crippen LogP contribution in [-0.4, -0.2) is 43.4 Å². The maximum absolute atomic E-state index is 12.2. The van der Waals surface area contributed by atoms with Gasteiger partial charge in [-0.1, -0.05) is 13.8 Å². The van der Waals surface area contributed by atoms with Crippen molar-refractivity contribution in [2.75, 3.05) is 7.05 Å². The molecule has 120 valence electrons. The lowest BCUT2D eigenvalue weighted by Crippen LogP contribution is -2.52. The summed E-state index contributed by atoms with van der Waals surface area (Å²) in [7, 11) is -2.25. The second-order valence-corrected chi connectivity index (χ2v) is 8.25. The van der Waals surface area contributed by atoms with E-state index < -0.39 is 27.8 Å². The molecule has 0 rings (SSSR count). The molecule has 0 amide bonds. The number of nitrogens with zero attached hydrogens (tertiary/aromatic N) is 1. The molecule has 0 heterocycles. The van der Waals surface area contributed by atoms with Crippen LogP contribution in [-0.2, 0) is 19.7 Å². The molecule has 0 saturated heterocycles. The predicted molar refractivity (Wildman–Crippen MR) is 79.4 cm³/mol. The Kier molecular flexibility index (Phi) is 6.64. The second kappa shape index (κ2) is 6.87. The smallest absolute Gasteiger partial charge is 0.325 e. The second-order valence-electron chi connectivity index (χ2n) is 6.49. The molecule has 1 atom stereocenters. The minimum Gasteiger partial charge on any atom is -0.459 e. The minimum atomic E-state index is -3.72. The summed E-state index contributed by atoms with van der Waals surface area (Å²) in [5.41, 5.74) is -0.653. The molecule has 0 aromatic rings. The van der Waals surface area contributed by atoms with Crippen LogP contribution in [0.15, 0.2) is 0 Å². The molecule has 20 heavy (non-hydrogen) atoms. The quantitative estimate of drug-likeness (QED) is 0.755. The lowest BCUT2D eigenvalue weighted by molar-refractivity contribution is -0.158. The van der Waals surface area contributed by atoms with Crippen molar-refractivity contribution in [1.82, 2.24) is 9.03 Å². The van der Waals surface area contributed by atoms with E-state index in [-0.39, 0.29) is 12.0 Å². The zero-order valence-corrected chi connectivity index (χ0v) is 14.5. The van der Waals surface area contributed by atoms with Gasteiger partial charge in [0.05, 0.1) is 0 Å². The first-order valence-electron chi connectivity index (χ1n) is 6.76. The van der Waals surface area contributed by atoms with Crippen LogP contribution in [0, 0.1) is 5.92 Å². The molecule has 0 saturated carbocycles. The molecule has 0 bridgehead atoms. The molecule has 0 aliphatic rings. The Balaban J connectivity index is 5.11. The lowest BCUT2D eigenvalue weighted by atomic mass is 10.1. The number of esters is 1. The van der Waals surface area contributed by atoms with Gasteiger partial charge in [0.1, 0.15) is 11.6 Å². The van der Waals surface area contributed by atoms with Crippen molar-refractivity contribution in [3.05, 3.63) is 0 Å². The molecule has 7 heteroatoms. The number of carbonyl (C=O) groups excluding carboxylic acids is 1. The first-order chi connectivity index (χ1) is 8.78. The van der Waals surface area contributed by atoms with Crippen molar-refractivity contribution < 1.29 is 17.9 Å². The van der Waals surface area contributed by atoms with Crippen LogP contribution in [0.4, 0.5) is 0 Å². The Hall–Kier alpha value is -0.660. The third-order valence-electron chi connectivity index (χ3n) is 2.71. The van der Waals surface area contributed by atoms with E-state index in [1.165, 1.54) is 11.4 Å². The van der Waals surface area contributed by atoms with Crippen molar-refractivity contribution in [2.45, 2.75) is 66.2 Å². The highest BCUT2D eigenvalue weighted by atomic mass is 32.2. The number of hydrogen-bond donors (Lipinski definition) is 1. The van der Waals surface area contributed by atoms with Gasteiger partial charge in [-0.25, -0.2) is 0 Å². The summed E-state index contributed by atoms with van der Waals surface area (Å²) in [4.78, 5) is 12.1. The zero-order valence-electron chi connectivity index (χ0n) is 13.7. The van der Waals surface area contributed by atoms with E-state index in [2.05, 4.69) is 4.72 Å². The first-order valence-corrected chi connectivity index (χ1v) is 8.20. The Bertz CT molecular complexity index is 424. The maximum Gasteiger partial charge on any atom is 0.325 e. The Morgan fingerprint density at radius 1 is 1.15 bits per heavy atom. The standard InChI is InChI=1S/C13H28N2O4S/c1-9(2)11(12(16)19-13(5,6)7)14-20(17,18)15(8)10(3)4/h9-11,14H,1-8H3/t11-/m0/s1. The third-order valence-corrected chi connectivity index (χ3v) is 4.44. The fraction of sp³-hybridized carbons (Fsp3) is 0.923. The van der Waals surface area contributed by atoms with E-state index >= 15 is 0 Å². The largest absolute Gasteiger partial charge is 0.459 e. The van der Waals surface area contributed by atoms with Gasteiger partial charge in [-0.2, -0.15) is 17.4 Å². The van der Waals surface area contributed by atoms with Crippen LogP contribution in [0.5, 0.6) is 0 Å². The number of hydrogen-bond acceptors (Lipinski definition) is 4. The van der Waals surface area contributed by atoms with Crippen LogP contribution < -0.4 is 4.72 Å². The summed E-state index contributed by atoms with van der Waals surface area (Å²) in [6.07, 6.45) is 0. The highest BCUT2D eigenvalue weighted by molar-refractivity contribution is 7.87. The summed E-state index contributed by atoms with van der Waals surface area (Å²) in [5, 5.41) is 0. The fourth-order valence-electron chi connectivity index (χ4n) is 1.34. The maximum atomic E-state index is 12.2. The highest BCUT2D eigenvalue weighted by Crippen LogP contribution is 2.14. The van der Waals surface area contributed by atoms with Gasteiger partial charge in [0.15, 0.2) is 0 Å². The molecule has 0 unspecified atom stereocenters. The lowest BCUT2D eigenvalue weighted by Gasteiger charge is -2.29. The molecule has 0 aliphatic heterocycles. The van der Waals surface area contributed by atoms with Gasteiger partial charge < -0.3 is 4.74 Å². The van der Waals surface area contributed by atoms with Gasteiger partial charge in [-0.15, -0.1) is 0 Å². The Labute approximate surface area is 123 Å². The number of carbonyl (C=O) groups is 1. The van der Waals surface area contributed by atoms with E-state index in [9.17, 15) is 13.2 Å². The first kappa shape index (κ1) is 19.3. The Morgan fingerprint density at radius 2 is 1.60 bits per heavy atom. The van der Waals surface area contributed by atoms with Crippen molar-refractivity contribution in [3.8, 4) is 0 Å². The number of nitrogens with one attached hydrogen (secondary N) is 1. The SMILES string of the molecule is CC(C)[C@H](NS(=O)(=O)N(C)C(C)C)C(=O)OC(C)(C)C. The van der Waals surface area contributed by atoms with E-state index in [1.54, 1.807) is 48.5 Å². The van der Waals surface area contributed by atoms with Crippen LogP contribution in [0.1, 0.15) is 48.5 Å². The summed E-state index contributed by atoms with van der Waals surface area (Å²) in [6.45, 7) is 12.3. The molecular weight excluding hydrogens is 280 g/mol. The third kappa shape index (κ3) is 6.19. The van der Waals surface area contributed by atoms with Gasteiger partial charge in [0.2, 0.25) is 0 Å². The van der Waals surface area contributed by atoms with Gasteiger partial charge in [-0.3, -0.25) is 4.79 Å². The predicted octanol–water partition coefficient (Wildman–Crippen LogP) is 1.53. The molecule has 0 spiro atoms. The molecule has 6 nitrogen and oxygen atoms in total. The van der Waals surface area contributed by atoms with Gasteiger partial charge in [0.25, 0.3) is 10.2 Å². The summed E-state index contributed by atoms with van der Waals surface area (Å²) in [5.74, 6) is -0.770. The van der Waals surface area contributed by atoms with E-state index in [4.69, 9.17) is 4.74 Å². The summed E-state index contributed by atoms with van der Waals surface area (Å²) < 4.78 is 33.2. The number of rotatable bonds is 6. The van der Waals surface area contributed by atoms with Crippen molar-refractivity contribution in [3.63, 3.8) is 0 Å². The van der Waals surface area contributed by atoms with Crippen LogP contribution in [0.25, 0.3) is 0 Å². The highest BCUT2D eigenvalue weighted by Gasteiger charge is 2.33. The molecule has 0 aromatic carbocycles. The van der Waals surface area contributed by atoms with Gasteiger partial charge in [0, 0.05) is 13.1 Å². The van der Waals surface area contributed by atoms with E-state index in [0.717, 1.165) is 0 Å². The summed E-state index contributed by atoms with van der Waals surface area (Å²) in [6, 6.07) is -1.10. The van der Waals surface area contributed by atoms with Gasteiger partial charge in [-0.05, 0) is 40.5 Å². The van der Waals surface area contributed by atoms with Crippen LogP contribution in [0.3, 0.4) is 0 Å². The van der Waals surface area contributed by atoms with Crippen LogP contribution in [0.2, 0.25) is 0 Å². The average Bonchev–Trinajstić information content (AvgIpc) is 2.21. The van der Waals surface area contributed by atoms with Crippen LogP contribution >= 0.6 is 0 Å². The summed E-state index contributed by atoms with van der Waals surface area (Å²) >= 11 is 0. The topological polar surface area (TPSA) is 75.7 Å². The molecule has 0 aromatic heterocycles. The molecule has 1 N–H and O–H groups in total. The molecule has 0 fully saturated rings. The van der Waals surface area contributed by atoms with Crippen molar-refractivity contribution >= 4 is 16.2 Å². The van der Waals surface area contributed by atoms with E-state index in [0.29, 0.717) is 0 Å². The number of ether oxygens (including phenoxy) is 1.